The van der Waals surface area contributed by atoms with Crippen molar-refractivity contribution in [2.75, 3.05) is 18.0 Å². The van der Waals surface area contributed by atoms with Gasteiger partial charge in [0, 0.05) is 37.0 Å². The van der Waals surface area contributed by atoms with Crippen molar-refractivity contribution < 1.29 is 4.79 Å². The lowest BCUT2D eigenvalue weighted by atomic mass is 9.95. The van der Waals surface area contributed by atoms with Gasteiger partial charge < -0.3 is 9.80 Å². The Labute approximate surface area is 197 Å². The molecule has 5 rings (SSSR count). The third-order valence-electron chi connectivity index (χ3n) is 6.42. The van der Waals surface area contributed by atoms with Crippen molar-refractivity contribution >= 4 is 23.3 Å². The molecule has 1 saturated heterocycles. The zero-order valence-corrected chi connectivity index (χ0v) is 19.2. The molecule has 0 saturated carbocycles. The van der Waals surface area contributed by atoms with E-state index in [9.17, 15) is 4.79 Å². The van der Waals surface area contributed by atoms with Gasteiger partial charge >= 0.3 is 0 Å². The largest absolute Gasteiger partial charge is 0.357 e. The summed E-state index contributed by atoms with van der Waals surface area (Å²) < 4.78 is 2.13. The summed E-state index contributed by atoms with van der Waals surface area (Å²) in [4.78, 5) is 21.0. The van der Waals surface area contributed by atoms with E-state index in [0.29, 0.717) is 30.2 Å². The zero-order valence-electron chi connectivity index (χ0n) is 18.4. The Morgan fingerprint density at radius 3 is 2.76 bits per heavy atom. The van der Waals surface area contributed by atoms with Crippen molar-refractivity contribution in [2.45, 2.75) is 45.2 Å². The number of nitrogens with zero attached hydrogens (tertiary/aromatic N) is 7. The Morgan fingerprint density at radius 2 is 2.00 bits per heavy atom. The average molecular weight is 462 g/mol. The van der Waals surface area contributed by atoms with E-state index in [4.69, 9.17) is 16.9 Å². The van der Waals surface area contributed by atoms with Gasteiger partial charge in [-0.15, -0.1) is 10.2 Å². The first-order valence-corrected chi connectivity index (χ1v) is 11.6. The average Bonchev–Trinajstić information content (AvgIpc) is 3.19. The maximum Gasteiger partial charge on any atom is 0.222 e. The van der Waals surface area contributed by atoms with Crippen molar-refractivity contribution in [2.24, 2.45) is 0 Å². The summed E-state index contributed by atoms with van der Waals surface area (Å²) in [5.41, 5.74) is 2.42. The van der Waals surface area contributed by atoms with E-state index in [1.54, 1.807) is 6.07 Å². The summed E-state index contributed by atoms with van der Waals surface area (Å²) in [6.07, 6.45) is 2.24. The van der Waals surface area contributed by atoms with Gasteiger partial charge in [0.2, 0.25) is 5.91 Å². The molecule has 0 spiro atoms. The molecule has 1 fully saturated rings. The van der Waals surface area contributed by atoms with Gasteiger partial charge in [-0.05, 0) is 48.7 Å². The number of aromatic nitrogens is 4. The minimum absolute atomic E-state index is 0.0827. The van der Waals surface area contributed by atoms with Crippen molar-refractivity contribution in [3.63, 3.8) is 0 Å². The molecular formula is C24H24ClN7O. The molecule has 0 radical (unpaired) electrons. The second kappa shape index (κ2) is 8.83. The lowest BCUT2D eigenvalue weighted by Gasteiger charge is -2.32. The van der Waals surface area contributed by atoms with E-state index >= 15 is 0 Å². The Kier molecular flexibility index (Phi) is 5.73. The van der Waals surface area contributed by atoms with Gasteiger partial charge in [-0.1, -0.05) is 24.6 Å². The van der Waals surface area contributed by atoms with Crippen LogP contribution in [0, 0.1) is 11.3 Å². The minimum atomic E-state index is 0.0827. The van der Waals surface area contributed by atoms with Gasteiger partial charge in [-0.3, -0.25) is 9.36 Å². The fraction of sp³-hybridized carbons (Fsp3) is 0.375. The second-order valence-corrected chi connectivity index (χ2v) is 8.88. The van der Waals surface area contributed by atoms with E-state index in [0.717, 1.165) is 54.6 Å². The van der Waals surface area contributed by atoms with Crippen molar-refractivity contribution in [3.8, 4) is 11.8 Å². The molecule has 0 aliphatic carbocycles. The number of pyridine rings is 1. The van der Waals surface area contributed by atoms with Crippen molar-refractivity contribution in [3.05, 3.63) is 64.3 Å². The number of nitriles is 1. The summed E-state index contributed by atoms with van der Waals surface area (Å²) in [7, 11) is 0. The second-order valence-electron chi connectivity index (χ2n) is 8.44. The molecule has 2 aromatic heterocycles. The Morgan fingerprint density at radius 1 is 1.18 bits per heavy atom. The minimum Gasteiger partial charge on any atom is -0.357 e. The fourth-order valence-corrected chi connectivity index (χ4v) is 4.91. The monoisotopic (exact) mass is 461 g/mol. The van der Waals surface area contributed by atoms with Crippen LogP contribution in [0.15, 0.2) is 36.4 Å². The van der Waals surface area contributed by atoms with Gasteiger partial charge in [-0.2, -0.15) is 5.26 Å². The van der Waals surface area contributed by atoms with Crippen LogP contribution in [-0.4, -0.2) is 43.6 Å². The van der Waals surface area contributed by atoms with E-state index in [2.05, 4.69) is 30.7 Å². The molecule has 8 nitrogen and oxygen atoms in total. The Balaban J connectivity index is 1.44. The summed E-state index contributed by atoms with van der Waals surface area (Å²) in [5, 5.41) is 18.9. The molecule has 2 aliphatic heterocycles. The van der Waals surface area contributed by atoms with Crippen LogP contribution in [0.2, 0.25) is 5.02 Å². The summed E-state index contributed by atoms with van der Waals surface area (Å²) in [5.74, 6) is 2.86. The lowest BCUT2D eigenvalue weighted by Crippen LogP contribution is -2.34. The van der Waals surface area contributed by atoms with Gasteiger partial charge in [0.15, 0.2) is 5.82 Å². The number of halogens is 1. The lowest BCUT2D eigenvalue weighted by molar-refractivity contribution is -0.132. The highest BCUT2D eigenvalue weighted by atomic mass is 35.5. The Hall–Kier alpha value is -3.44. The summed E-state index contributed by atoms with van der Waals surface area (Å²) in [6, 6.07) is 13.5. The topological polar surface area (TPSA) is 90.9 Å². The molecule has 2 aliphatic rings. The molecule has 0 N–H and O–H groups in total. The van der Waals surface area contributed by atoms with Crippen LogP contribution < -0.4 is 4.90 Å². The fourth-order valence-electron chi connectivity index (χ4n) is 4.72. The smallest absolute Gasteiger partial charge is 0.222 e. The number of fused-ring (bicyclic) bond motifs is 3. The first-order chi connectivity index (χ1) is 16.1. The number of hydrogen-bond donors (Lipinski definition) is 0. The molecule has 4 heterocycles. The highest BCUT2D eigenvalue weighted by Crippen LogP contribution is 2.34. The first-order valence-electron chi connectivity index (χ1n) is 11.2. The predicted octanol–water partition coefficient (Wildman–Crippen LogP) is 3.82. The number of rotatable bonds is 3. The van der Waals surface area contributed by atoms with Crippen LogP contribution >= 0.6 is 11.6 Å². The van der Waals surface area contributed by atoms with Gasteiger partial charge in [0.1, 0.15) is 23.4 Å². The van der Waals surface area contributed by atoms with E-state index in [1.807, 2.05) is 42.2 Å². The van der Waals surface area contributed by atoms with Gasteiger partial charge in [-0.25, -0.2) is 4.98 Å². The van der Waals surface area contributed by atoms with Gasteiger partial charge in [0.25, 0.3) is 0 Å². The Bertz CT molecular complexity index is 1240. The number of carbonyl (C=O) groups is 1. The van der Waals surface area contributed by atoms with Crippen LogP contribution in [-0.2, 0) is 17.9 Å². The van der Waals surface area contributed by atoms with Crippen LogP contribution in [0.4, 0.5) is 5.82 Å². The van der Waals surface area contributed by atoms with Crippen molar-refractivity contribution in [1.82, 2.24) is 24.6 Å². The van der Waals surface area contributed by atoms with Gasteiger partial charge in [0.05, 0.1) is 12.2 Å². The molecule has 0 atom stereocenters. The summed E-state index contributed by atoms with van der Waals surface area (Å²) >= 11 is 6.30. The quantitative estimate of drug-likeness (QED) is 0.588. The molecule has 33 heavy (non-hydrogen) atoms. The first kappa shape index (κ1) is 21.4. The molecular weight excluding hydrogens is 438 g/mol. The predicted molar refractivity (Wildman–Crippen MR) is 124 cm³/mol. The van der Waals surface area contributed by atoms with Crippen molar-refractivity contribution in [1.29, 1.82) is 5.26 Å². The van der Waals surface area contributed by atoms with Crippen LogP contribution in [0.25, 0.3) is 5.69 Å². The maximum absolute atomic E-state index is 12.6. The third kappa shape index (κ3) is 4.05. The molecule has 0 bridgehead atoms. The highest BCUT2D eigenvalue weighted by Gasteiger charge is 2.31. The molecule has 3 aromatic rings. The van der Waals surface area contributed by atoms with E-state index in [-0.39, 0.29) is 11.8 Å². The molecule has 9 heteroatoms. The standard InChI is InChI=1S/C24H24ClN7O/c1-2-23(33)31-14-17-12-18(25)6-7-20(17)32-22(15-31)28-29-24(32)16-8-10-30(11-9-16)21-5-3-4-19(13-26)27-21/h3-7,12,16H,2,8-11,14-15H2,1H3. The molecule has 1 aromatic carbocycles. The molecule has 168 valence electrons. The molecule has 1 amide bonds. The number of amides is 1. The van der Waals surface area contributed by atoms with Crippen LogP contribution in [0.3, 0.4) is 0 Å². The number of piperidine rings is 1. The van der Waals surface area contributed by atoms with E-state index in [1.165, 1.54) is 0 Å². The third-order valence-corrected chi connectivity index (χ3v) is 6.65. The number of benzene rings is 1. The number of anilines is 1. The normalized spacial score (nSPS) is 16.0. The number of hydrogen-bond acceptors (Lipinski definition) is 6. The maximum atomic E-state index is 12.6. The van der Waals surface area contributed by atoms with Crippen LogP contribution in [0.1, 0.15) is 55.0 Å². The van der Waals surface area contributed by atoms with Crippen LogP contribution in [0.5, 0.6) is 0 Å². The number of carbonyl (C=O) groups excluding carboxylic acids is 1. The molecule has 0 unspecified atom stereocenters. The summed E-state index contributed by atoms with van der Waals surface area (Å²) in [6.45, 7) is 4.45. The highest BCUT2D eigenvalue weighted by molar-refractivity contribution is 6.30. The SMILES string of the molecule is CCC(=O)N1Cc2cc(Cl)ccc2-n2c(nnc2C2CCN(c3cccc(C#N)n3)CC2)C1. The van der Waals surface area contributed by atoms with E-state index < -0.39 is 0 Å². The zero-order chi connectivity index (χ0) is 22.9.